The molecule has 6 nitrogen and oxygen atoms in total. The van der Waals surface area contributed by atoms with Gasteiger partial charge in [-0.05, 0) is 19.1 Å². The molecule has 0 saturated heterocycles. The smallest absolute Gasteiger partial charge is 0.336 e. The Bertz CT molecular complexity index is 664. The molecule has 0 aliphatic heterocycles. The van der Waals surface area contributed by atoms with E-state index < -0.39 is 5.97 Å². The molecule has 1 aromatic carbocycles. The first kappa shape index (κ1) is 13.1. The van der Waals surface area contributed by atoms with Crippen LogP contribution in [0.2, 0.25) is 5.02 Å². The van der Waals surface area contributed by atoms with Crippen LogP contribution in [0.1, 0.15) is 21.6 Å². The topological polar surface area (TPSA) is 93.5 Å². The van der Waals surface area contributed by atoms with E-state index in [-0.39, 0.29) is 11.5 Å². The maximum atomic E-state index is 11.1. The summed E-state index contributed by atoms with van der Waals surface area (Å²) in [4.78, 5) is 15.1. The van der Waals surface area contributed by atoms with Crippen molar-refractivity contribution in [2.75, 3.05) is 5.73 Å². The monoisotopic (exact) mass is 278 g/mol. The molecule has 0 radical (unpaired) electrons. The third-order valence-corrected chi connectivity index (χ3v) is 2.76. The van der Waals surface area contributed by atoms with Crippen LogP contribution < -0.4 is 5.73 Å². The molecule has 7 heteroatoms. The molecule has 98 valence electrons. The number of nitrogens with two attached hydrogens (primary N) is 1. The molecule has 0 aliphatic carbocycles. The van der Waals surface area contributed by atoms with Crippen molar-refractivity contribution in [3.8, 4) is 0 Å². The van der Waals surface area contributed by atoms with Gasteiger partial charge in [0.25, 0.3) is 0 Å². The van der Waals surface area contributed by atoms with Gasteiger partial charge < -0.3 is 10.8 Å². The van der Waals surface area contributed by atoms with E-state index in [0.717, 1.165) is 0 Å². The van der Waals surface area contributed by atoms with Crippen LogP contribution in [0.3, 0.4) is 0 Å². The lowest BCUT2D eigenvalue weighted by Crippen LogP contribution is -2.04. The largest absolute Gasteiger partial charge is 0.478 e. The van der Waals surface area contributed by atoms with E-state index >= 15 is 0 Å². The number of halogens is 1. The number of aryl methyl sites for hydroxylation is 1. The Labute approximate surface area is 114 Å². The minimum Gasteiger partial charge on any atom is -0.478 e. The number of aromatic nitrogens is 2. The van der Waals surface area contributed by atoms with Crippen LogP contribution >= 0.6 is 11.6 Å². The standard InChI is InChI=1S/C12H11ClN4O2/c1-7-6-17(12(14)16-7)15-5-9-8(11(18)19)3-2-4-10(9)13/h2-6H,1H3,(H2,14,16)(H,18,19). The Morgan fingerprint density at radius 3 is 2.89 bits per heavy atom. The minimum absolute atomic E-state index is 0.0756. The van der Waals surface area contributed by atoms with Crippen molar-refractivity contribution in [3.63, 3.8) is 0 Å². The number of anilines is 1. The van der Waals surface area contributed by atoms with Gasteiger partial charge in [0, 0.05) is 5.56 Å². The van der Waals surface area contributed by atoms with E-state index in [1.54, 1.807) is 25.3 Å². The first-order valence-electron chi connectivity index (χ1n) is 5.36. The predicted molar refractivity (Wildman–Crippen MR) is 72.8 cm³/mol. The quantitative estimate of drug-likeness (QED) is 0.840. The zero-order valence-electron chi connectivity index (χ0n) is 10.0. The van der Waals surface area contributed by atoms with E-state index in [0.29, 0.717) is 16.3 Å². The molecule has 2 aromatic rings. The molecular formula is C12H11ClN4O2. The van der Waals surface area contributed by atoms with Crippen molar-refractivity contribution in [1.82, 2.24) is 9.66 Å². The minimum atomic E-state index is -1.07. The molecule has 1 aromatic heterocycles. The van der Waals surface area contributed by atoms with Gasteiger partial charge in [-0.15, -0.1) is 0 Å². The molecule has 1 heterocycles. The Kier molecular flexibility index (Phi) is 3.52. The van der Waals surface area contributed by atoms with Crippen molar-refractivity contribution in [2.24, 2.45) is 5.10 Å². The number of hydrogen-bond donors (Lipinski definition) is 2. The van der Waals surface area contributed by atoms with E-state index in [2.05, 4.69) is 10.1 Å². The number of carboxylic acid groups (broad SMARTS) is 1. The van der Waals surface area contributed by atoms with E-state index in [1.165, 1.54) is 17.0 Å². The highest BCUT2D eigenvalue weighted by Crippen LogP contribution is 2.18. The van der Waals surface area contributed by atoms with Crippen molar-refractivity contribution in [2.45, 2.75) is 6.92 Å². The van der Waals surface area contributed by atoms with Gasteiger partial charge in [0.05, 0.1) is 28.7 Å². The average molecular weight is 279 g/mol. The Hall–Kier alpha value is -2.34. The highest BCUT2D eigenvalue weighted by molar-refractivity contribution is 6.33. The Morgan fingerprint density at radius 1 is 1.58 bits per heavy atom. The molecule has 0 bridgehead atoms. The number of carboxylic acids is 1. The molecule has 0 saturated carbocycles. The summed E-state index contributed by atoms with van der Waals surface area (Å²) in [5.74, 6) is -0.851. The fourth-order valence-corrected chi connectivity index (χ4v) is 1.79. The van der Waals surface area contributed by atoms with Gasteiger partial charge in [0.15, 0.2) is 0 Å². The van der Waals surface area contributed by atoms with Crippen LogP contribution in [0.25, 0.3) is 0 Å². The first-order valence-corrected chi connectivity index (χ1v) is 5.74. The van der Waals surface area contributed by atoms with Gasteiger partial charge in [0.1, 0.15) is 0 Å². The highest BCUT2D eigenvalue weighted by atomic mass is 35.5. The summed E-state index contributed by atoms with van der Waals surface area (Å²) < 4.78 is 1.35. The molecule has 19 heavy (non-hydrogen) atoms. The molecule has 0 atom stereocenters. The van der Waals surface area contributed by atoms with Crippen LogP contribution in [0.5, 0.6) is 0 Å². The second kappa shape index (κ2) is 5.11. The van der Waals surface area contributed by atoms with Crippen LogP contribution in [0, 0.1) is 6.92 Å². The molecule has 0 amide bonds. The Balaban J connectivity index is 2.43. The van der Waals surface area contributed by atoms with Crippen molar-refractivity contribution in [1.29, 1.82) is 0 Å². The maximum Gasteiger partial charge on any atom is 0.336 e. The van der Waals surface area contributed by atoms with Crippen molar-refractivity contribution < 1.29 is 9.90 Å². The van der Waals surface area contributed by atoms with Gasteiger partial charge in [-0.2, -0.15) is 5.10 Å². The molecular weight excluding hydrogens is 268 g/mol. The number of aromatic carboxylic acids is 1. The maximum absolute atomic E-state index is 11.1. The van der Waals surface area contributed by atoms with E-state index in [4.69, 9.17) is 22.4 Å². The number of nitrogen functional groups attached to an aromatic ring is 1. The zero-order chi connectivity index (χ0) is 14.0. The summed E-state index contributed by atoms with van der Waals surface area (Å²) >= 11 is 5.97. The van der Waals surface area contributed by atoms with Gasteiger partial charge in [-0.1, -0.05) is 17.7 Å². The predicted octanol–water partition coefficient (Wildman–Crippen LogP) is 2.01. The van der Waals surface area contributed by atoms with Crippen LogP contribution in [-0.2, 0) is 0 Å². The fourth-order valence-electron chi connectivity index (χ4n) is 1.57. The van der Waals surface area contributed by atoms with Gasteiger partial charge in [-0.25, -0.2) is 14.5 Å². The first-order chi connectivity index (χ1) is 8.99. The summed E-state index contributed by atoms with van der Waals surface area (Å²) in [6.45, 7) is 1.78. The van der Waals surface area contributed by atoms with Gasteiger partial charge in [0.2, 0.25) is 5.95 Å². The molecule has 0 aliphatic rings. The summed E-state index contributed by atoms with van der Waals surface area (Å²) in [7, 11) is 0. The van der Waals surface area contributed by atoms with Gasteiger partial charge >= 0.3 is 5.97 Å². The molecule has 2 rings (SSSR count). The summed E-state index contributed by atoms with van der Waals surface area (Å²) in [6.07, 6.45) is 2.98. The lowest BCUT2D eigenvalue weighted by molar-refractivity contribution is 0.0697. The van der Waals surface area contributed by atoms with Crippen molar-refractivity contribution >= 4 is 29.7 Å². The normalized spacial score (nSPS) is 11.1. The number of carbonyl (C=O) groups is 1. The fraction of sp³-hybridized carbons (Fsp3) is 0.0833. The molecule has 0 spiro atoms. The zero-order valence-corrected chi connectivity index (χ0v) is 10.8. The summed E-state index contributed by atoms with van der Waals surface area (Å²) in [6, 6.07) is 4.62. The molecule has 3 N–H and O–H groups in total. The van der Waals surface area contributed by atoms with Crippen LogP contribution in [-0.4, -0.2) is 27.0 Å². The van der Waals surface area contributed by atoms with Crippen LogP contribution in [0.15, 0.2) is 29.5 Å². The second-order valence-electron chi connectivity index (χ2n) is 3.84. The lowest BCUT2D eigenvalue weighted by atomic mass is 10.1. The van der Waals surface area contributed by atoms with Crippen molar-refractivity contribution in [3.05, 3.63) is 46.2 Å². The summed E-state index contributed by atoms with van der Waals surface area (Å²) in [5, 5.41) is 13.4. The highest BCUT2D eigenvalue weighted by Gasteiger charge is 2.11. The van der Waals surface area contributed by atoms with E-state index in [9.17, 15) is 4.79 Å². The third kappa shape index (κ3) is 2.74. The third-order valence-electron chi connectivity index (χ3n) is 2.43. The Morgan fingerprint density at radius 2 is 2.32 bits per heavy atom. The lowest BCUT2D eigenvalue weighted by Gasteiger charge is -2.03. The van der Waals surface area contributed by atoms with Gasteiger partial charge in [-0.3, -0.25) is 0 Å². The molecule has 0 fully saturated rings. The van der Waals surface area contributed by atoms with E-state index in [1.807, 2.05) is 0 Å². The average Bonchev–Trinajstić information content (AvgIpc) is 2.66. The molecule has 0 unspecified atom stereocenters. The summed E-state index contributed by atoms with van der Waals surface area (Å²) in [5.41, 5.74) is 6.74. The second-order valence-corrected chi connectivity index (χ2v) is 4.24. The number of benzene rings is 1. The number of nitrogens with zero attached hydrogens (tertiary/aromatic N) is 3. The number of imidazole rings is 1. The number of rotatable bonds is 3. The SMILES string of the molecule is Cc1cn(N=Cc2c(Cl)cccc2C(=O)O)c(N)n1. The number of hydrogen-bond acceptors (Lipinski definition) is 4. The van der Waals surface area contributed by atoms with Crippen LogP contribution in [0.4, 0.5) is 5.95 Å².